The van der Waals surface area contributed by atoms with Crippen LogP contribution in [0.3, 0.4) is 0 Å². The van der Waals surface area contributed by atoms with Gasteiger partial charge >= 0.3 is 0 Å². The molecule has 0 fully saturated rings. The smallest absolute Gasteiger partial charge is 0.269 e. The summed E-state index contributed by atoms with van der Waals surface area (Å²) in [6.45, 7) is 0. The Morgan fingerprint density at radius 3 is 2.43 bits per heavy atom. The topological polar surface area (TPSA) is 73.3 Å². The predicted octanol–water partition coefficient (Wildman–Crippen LogP) is 4.02. The Bertz CT molecular complexity index is 900. The van der Waals surface area contributed by atoms with Crippen LogP contribution < -0.4 is 5.43 Å². The first-order valence-corrected chi connectivity index (χ1v) is 6.40. The lowest BCUT2D eigenvalue weighted by Crippen LogP contribution is -2.00. The molecule has 0 aliphatic carbocycles. The van der Waals surface area contributed by atoms with E-state index in [0.29, 0.717) is 27.3 Å². The summed E-state index contributed by atoms with van der Waals surface area (Å²) in [5, 5.41) is 11.5. The number of fused-ring (bicyclic) bond motifs is 1. The lowest BCUT2D eigenvalue weighted by atomic mass is 10.1. The molecule has 0 aliphatic rings. The number of halogens is 1. The molecule has 3 aromatic rings. The van der Waals surface area contributed by atoms with Crippen molar-refractivity contribution in [2.45, 2.75) is 0 Å². The molecule has 0 N–H and O–H groups in total. The Morgan fingerprint density at radius 1 is 1.05 bits per heavy atom. The van der Waals surface area contributed by atoms with E-state index in [2.05, 4.69) is 0 Å². The van der Waals surface area contributed by atoms with Gasteiger partial charge in [0.25, 0.3) is 5.69 Å². The van der Waals surface area contributed by atoms with Crippen LogP contribution in [0.1, 0.15) is 0 Å². The predicted molar refractivity (Wildman–Crippen MR) is 79.6 cm³/mol. The zero-order valence-corrected chi connectivity index (χ0v) is 11.3. The SMILES string of the molecule is O=c1cc(-c2ccc([N+](=O)[O-])cc2)oc2ccc(Cl)cc12. The van der Waals surface area contributed by atoms with Crippen LogP contribution in [0.15, 0.2) is 57.7 Å². The summed E-state index contributed by atoms with van der Waals surface area (Å²) in [6.07, 6.45) is 0. The van der Waals surface area contributed by atoms with Crippen LogP contribution in [0.5, 0.6) is 0 Å². The number of nitrogens with zero attached hydrogens (tertiary/aromatic N) is 1. The fourth-order valence-electron chi connectivity index (χ4n) is 2.02. The highest BCUT2D eigenvalue weighted by Gasteiger charge is 2.09. The van der Waals surface area contributed by atoms with Gasteiger partial charge in [-0.1, -0.05) is 11.6 Å². The normalized spacial score (nSPS) is 10.7. The van der Waals surface area contributed by atoms with E-state index in [1.54, 1.807) is 18.2 Å². The van der Waals surface area contributed by atoms with Gasteiger partial charge in [0.1, 0.15) is 11.3 Å². The van der Waals surface area contributed by atoms with Gasteiger partial charge < -0.3 is 4.42 Å². The van der Waals surface area contributed by atoms with Crippen molar-refractivity contribution in [1.29, 1.82) is 0 Å². The Morgan fingerprint density at radius 2 is 1.76 bits per heavy atom. The Labute approximate surface area is 123 Å². The molecule has 5 nitrogen and oxygen atoms in total. The minimum Gasteiger partial charge on any atom is -0.456 e. The van der Waals surface area contributed by atoms with Gasteiger partial charge in [0.2, 0.25) is 0 Å². The number of non-ortho nitro benzene ring substituents is 1. The van der Waals surface area contributed by atoms with Gasteiger partial charge in [-0.15, -0.1) is 0 Å². The van der Waals surface area contributed by atoms with Crippen molar-refractivity contribution in [2.24, 2.45) is 0 Å². The monoisotopic (exact) mass is 301 g/mol. The summed E-state index contributed by atoms with van der Waals surface area (Å²) in [5.41, 5.74) is 0.774. The summed E-state index contributed by atoms with van der Waals surface area (Å²) >= 11 is 5.85. The molecule has 0 saturated heterocycles. The number of hydrogen-bond donors (Lipinski definition) is 0. The fourth-order valence-corrected chi connectivity index (χ4v) is 2.19. The molecule has 0 bridgehead atoms. The molecule has 2 aromatic carbocycles. The van der Waals surface area contributed by atoms with Crippen molar-refractivity contribution in [3.8, 4) is 11.3 Å². The molecule has 6 heteroatoms. The number of nitro benzene ring substituents is 1. The standard InChI is InChI=1S/C15H8ClNO4/c16-10-3-6-14-12(7-10)13(18)8-15(21-14)9-1-4-11(5-2-9)17(19)20/h1-8H. The number of benzene rings is 2. The second-order valence-electron chi connectivity index (χ2n) is 4.42. The molecule has 0 amide bonds. The van der Waals surface area contributed by atoms with E-state index in [1.807, 2.05) is 0 Å². The number of nitro groups is 1. The van der Waals surface area contributed by atoms with Gasteiger partial charge in [0, 0.05) is 28.8 Å². The highest BCUT2D eigenvalue weighted by atomic mass is 35.5. The molecular formula is C15H8ClNO4. The average Bonchev–Trinajstić information content (AvgIpc) is 2.48. The molecule has 21 heavy (non-hydrogen) atoms. The zero-order chi connectivity index (χ0) is 15.0. The first-order valence-electron chi connectivity index (χ1n) is 6.03. The van der Waals surface area contributed by atoms with E-state index < -0.39 is 4.92 Å². The van der Waals surface area contributed by atoms with Crippen molar-refractivity contribution in [1.82, 2.24) is 0 Å². The highest BCUT2D eigenvalue weighted by molar-refractivity contribution is 6.31. The van der Waals surface area contributed by atoms with Gasteiger partial charge in [-0.3, -0.25) is 14.9 Å². The van der Waals surface area contributed by atoms with Crippen LogP contribution >= 0.6 is 11.6 Å². The molecule has 1 aromatic heterocycles. The number of rotatable bonds is 2. The summed E-state index contributed by atoms with van der Waals surface area (Å²) in [7, 11) is 0. The van der Waals surface area contributed by atoms with Crippen molar-refractivity contribution < 1.29 is 9.34 Å². The summed E-state index contributed by atoms with van der Waals surface area (Å²) in [4.78, 5) is 22.2. The van der Waals surface area contributed by atoms with Crippen molar-refractivity contribution in [3.63, 3.8) is 0 Å². The first kappa shape index (κ1) is 13.3. The van der Waals surface area contributed by atoms with E-state index in [9.17, 15) is 14.9 Å². The Kier molecular flexibility index (Phi) is 3.19. The van der Waals surface area contributed by atoms with E-state index >= 15 is 0 Å². The average molecular weight is 302 g/mol. The maximum Gasteiger partial charge on any atom is 0.269 e. The molecule has 0 unspecified atom stereocenters. The molecule has 0 saturated carbocycles. The van der Waals surface area contributed by atoms with Crippen LogP contribution in [-0.4, -0.2) is 4.92 Å². The first-order chi connectivity index (χ1) is 10.0. The van der Waals surface area contributed by atoms with Crippen LogP contribution in [0.25, 0.3) is 22.3 Å². The maximum absolute atomic E-state index is 12.1. The third kappa shape index (κ3) is 2.51. The third-order valence-electron chi connectivity index (χ3n) is 3.05. The Balaban J connectivity index is 2.14. The minimum absolute atomic E-state index is 0.0198. The van der Waals surface area contributed by atoms with E-state index in [-0.39, 0.29) is 11.1 Å². The molecule has 0 atom stereocenters. The largest absolute Gasteiger partial charge is 0.456 e. The molecule has 0 radical (unpaired) electrons. The molecule has 0 spiro atoms. The fraction of sp³-hybridized carbons (Fsp3) is 0. The molecule has 3 rings (SSSR count). The number of hydrogen-bond acceptors (Lipinski definition) is 4. The minimum atomic E-state index is -0.484. The van der Waals surface area contributed by atoms with Crippen molar-refractivity contribution in [3.05, 3.63) is 73.9 Å². The van der Waals surface area contributed by atoms with Crippen LogP contribution in [-0.2, 0) is 0 Å². The summed E-state index contributed by atoms with van der Waals surface area (Å²) in [5.74, 6) is 0.352. The third-order valence-corrected chi connectivity index (χ3v) is 3.29. The quantitative estimate of drug-likeness (QED) is 0.529. The summed E-state index contributed by atoms with van der Waals surface area (Å²) in [6, 6.07) is 11.9. The molecular weight excluding hydrogens is 294 g/mol. The van der Waals surface area contributed by atoms with Gasteiger partial charge in [0.05, 0.1) is 10.3 Å². The van der Waals surface area contributed by atoms with Gasteiger partial charge in [0.15, 0.2) is 5.43 Å². The van der Waals surface area contributed by atoms with E-state index in [0.717, 1.165) is 0 Å². The maximum atomic E-state index is 12.1. The van der Waals surface area contributed by atoms with E-state index in [1.165, 1.54) is 30.3 Å². The van der Waals surface area contributed by atoms with Crippen molar-refractivity contribution in [2.75, 3.05) is 0 Å². The second kappa shape index (κ2) is 5.03. The van der Waals surface area contributed by atoms with E-state index in [4.69, 9.17) is 16.0 Å². The van der Waals surface area contributed by atoms with Gasteiger partial charge in [-0.2, -0.15) is 0 Å². The molecule has 104 valence electrons. The second-order valence-corrected chi connectivity index (χ2v) is 4.86. The summed E-state index contributed by atoms with van der Waals surface area (Å²) < 4.78 is 5.66. The van der Waals surface area contributed by atoms with Gasteiger partial charge in [-0.25, -0.2) is 0 Å². The van der Waals surface area contributed by atoms with Crippen LogP contribution in [0.2, 0.25) is 5.02 Å². The molecule has 0 aliphatic heterocycles. The van der Waals surface area contributed by atoms with Crippen LogP contribution in [0, 0.1) is 10.1 Å². The van der Waals surface area contributed by atoms with Crippen molar-refractivity contribution >= 4 is 28.3 Å². The lowest BCUT2D eigenvalue weighted by molar-refractivity contribution is -0.384. The van der Waals surface area contributed by atoms with Gasteiger partial charge in [-0.05, 0) is 30.3 Å². The highest BCUT2D eigenvalue weighted by Crippen LogP contribution is 2.25. The van der Waals surface area contributed by atoms with Crippen LogP contribution in [0.4, 0.5) is 5.69 Å². The Hall–Kier alpha value is -2.66. The zero-order valence-electron chi connectivity index (χ0n) is 10.6. The molecule has 1 heterocycles. The lowest BCUT2D eigenvalue weighted by Gasteiger charge is -2.03.